The number of benzene rings is 1. The summed E-state index contributed by atoms with van der Waals surface area (Å²) in [7, 11) is 1.91. The van der Waals surface area contributed by atoms with Gasteiger partial charge in [0.15, 0.2) is 0 Å². The standard InChI is InChI=1S/C26H23ClN6O2/c1-16-10-20(23-6-8-30-32(23)2)19-4-3-5-24(26(19)31-16)35-15-21-17(12-29-13-22(21)27)14-33-9-7-18(28)11-25(33)34/h3-13H,14-15,28H2,1-2H3. The van der Waals surface area contributed by atoms with Gasteiger partial charge in [-0.3, -0.25) is 14.5 Å². The van der Waals surface area contributed by atoms with Gasteiger partial charge >= 0.3 is 0 Å². The SMILES string of the molecule is Cc1cc(-c2ccnn2C)c2cccc(OCc3c(Cl)cncc3Cn3ccc(N)cc3=O)c2n1. The van der Waals surface area contributed by atoms with E-state index in [-0.39, 0.29) is 12.2 Å². The Bertz CT molecular complexity index is 1610. The molecule has 2 N–H and O–H groups in total. The van der Waals surface area contributed by atoms with Crippen molar-refractivity contribution in [3.05, 3.63) is 99.4 Å². The molecule has 5 aromatic rings. The molecule has 0 spiro atoms. The molecule has 176 valence electrons. The summed E-state index contributed by atoms with van der Waals surface area (Å²) >= 11 is 6.51. The minimum atomic E-state index is -0.201. The van der Waals surface area contributed by atoms with Crippen LogP contribution in [0.3, 0.4) is 0 Å². The predicted molar refractivity (Wildman–Crippen MR) is 136 cm³/mol. The van der Waals surface area contributed by atoms with E-state index in [1.54, 1.807) is 35.4 Å². The van der Waals surface area contributed by atoms with Crippen molar-refractivity contribution in [2.75, 3.05) is 5.73 Å². The van der Waals surface area contributed by atoms with Crippen molar-refractivity contribution in [2.24, 2.45) is 7.05 Å². The number of fused-ring (bicyclic) bond motifs is 1. The van der Waals surface area contributed by atoms with Crippen LogP contribution in [0.15, 0.2) is 72.0 Å². The summed E-state index contributed by atoms with van der Waals surface area (Å²) in [5.41, 5.74) is 11.1. The molecule has 0 aliphatic rings. The van der Waals surface area contributed by atoms with E-state index in [1.807, 2.05) is 49.0 Å². The van der Waals surface area contributed by atoms with Gasteiger partial charge in [0.2, 0.25) is 0 Å². The third kappa shape index (κ3) is 4.48. The van der Waals surface area contributed by atoms with E-state index in [1.165, 1.54) is 6.07 Å². The predicted octanol–water partition coefficient (Wildman–Crippen LogP) is 4.36. The van der Waals surface area contributed by atoms with E-state index in [2.05, 4.69) is 10.1 Å². The normalized spacial score (nSPS) is 11.2. The summed E-state index contributed by atoms with van der Waals surface area (Å²) in [5.74, 6) is 0.637. The summed E-state index contributed by atoms with van der Waals surface area (Å²) in [5, 5.41) is 5.73. The number of nitrogen functional groups attached to an aromatic ring is 1. The van der Waals surface area contributed by atoms with Crippen LogP contribution in [-0.4, -0.2) is 24.3 Å². The van der Waals surface area contributed by atoms with Crippen LogP contribution < -0.4 is 16.0 Å². The van der Waals surface area contributed by atoms with Gasteiger partial charge in [-0.15, -0.1) is 0 Å². The minimum Gasteiger partial charge on any atom is -0.487 e. The molecule has 35 heavy (non-hydrogen) atoms. The molecule has 0 unspecified atom stereocenters. The van der Waals surface area contributed by atoms with Gasteiger partial charge in [-0.2, -0.15) is 5.10 Å². The second kappa shape index (κ2) is 9.23. The van der Waals surface area contributed by atoms with Crippen molar-refractivity contribution in [3.8, 4) is 17.0 Å². The molecule has 0 bridgehead atoms. The fourth-order valence-electron chi connectivity index (χ4n) is 4.10. The van der Waals surface area contributed by atoms with Crippen molar-refractivity contribution in [1.82, 2.24) is 24.3 Å². The summed E-state index contributed by atoms with van der Waals surface area (Å²) in [6.45, 7) is 2.44. The molecule has 4 heterocycles. The van der Waals surface area contributed by atoms with Crippen molar-refractivity contribution in [3.63, 3.8) is 0 Å². The Morgan fingerprint density at radius 3 is 2.77 bits per heavy atom. The largest absolute Gasteiger partial charge is 0.487 e. The summed E-state index contributed by atoms with van der Waals surface area (Å²) in [6, 6.07) is 12.9. The third-order valence-electron chi connectivity index (χ3n) is 5.85. The number of ether oxygens (including phenoxy) is 1. The van der Waals surface area contributed by atoms with E-state index in [9.17, 15) is 4.79 Å². The number of hydrogen-bond donors (Lipinski definition) is 1. The maximum atomic E-state index is 12.3. The lowest BCUT2D eigenvalue weighted by Crippen LogP contribution is -2.20. The van der Waals surface area contributed by atoms with Gasteiger partial charge in [0.05, 0.1) is 17.3 Å². The third-order valence-corrected chi connectivity index (χ3v) is 6.18. The van der Waals surface area contributed by atoms with Crippen LogP contribution in [0.25, 0.3) is 22.2 Å². The minimum absolute atomic E-state index is 0.191. The van der Waals surface area contributed by atoms with E-state index < -0.39 is 0 Å². The Kier molecular flexibility index (Phi) is 5.96. The first kappa shape index (κ1) is 22.6. The number of anilines is 1. The molecule has 0 aliphatic carbocycles. The number of nitrogens with zero attached hydrogens (tertiary/aromatic N) is 5. The zero-order valence-corrected chi connectivity index (χ0v) is 20.0. The highest BCUT2D eigenvalue weighted by Crippen LogP contribution is 2.33. The van der Waals surface area contributed by atoms with Crippen molar-refractivity contribution >= 4 is 28.2 Å². The zero-order chi connectivity index (χ0) is 24.5. The monoisotopic (exact) mass is 486 g/mol. The molecule has 5 rings (SSSR count). The van der Waals surface area contributed by atoms with Crippen LogP contribution in [0.5, 0.6) is 5.75 Å². The van der Waals surface area contributed by atoms with Gasteiger partial charge in [-0.05, 0) is 36.8 Å². The Morgan fingerprint density at radius 1 is 1.14 bits per heavy atom. The maximum Gasteiger partial charge on any atom is 0.252 e. The lowest BCUT2D eigenvalue weighted by atomic mass is 10.0. The molecule has 0 saturated carbocycles. The quantitative estimate of drug-likeness (QED) is 0.382. The molecule has 0 atom stereocenters. The number of aromatic nitrogens is 5. The number of halogens is 1. The zero-order valence-electron chi connectivity index (χ0n) is 19.3. The van der Waals surface area contributed by atoms with E-state index >= 15 is 0 Å². The molecule has 0 aliphatic heterocycles. The van der Waals surface area contributed by atoms with Crippen molar-refractivity contribution in [2.45, 2.75) is 20.1 Å². The van der Waals surface area contributed by atoms with Crippen molar-refractivity contribution < 1.29 is 4.74 Å². The lowest BCUT2D eigenvalue weighted by molar-refractivity contribution is 0.307. The van der Waals surface area contributed by atoms with Crippen LogP contribution in [0.4, 0.5) is 5.69 Å². The van der Waals surface area contributed by atoms with Crippen LogP contribution in [-0.2, 0) is 20.2 Å². The molecule has 0 saturated heterocycles. The fourth-order valence-corrected chi connectivity index (χ4v) is 4.34. The molecule has 9 heteroatoms. The first-order valence-electron chi connectivity index (χ1n) is 11.0. The number of hydrogen-bond acceptors (Lipinski definition) is 6. The van der Waals surface area contributed by atoms with Gasteiger partial charge in [0.25, 0.3) is 5.56 Å². The lowest BCUT2D eigenvalue weighted by Gasteiger charge is -2.15. The summed E-state index contributed by atoms with van der Waals surface area (Å²) < 4.78 is 9.66. The number of nitrogens with two attached hydrogens (primary N) is 1. The second-order valence-corrected chi connectivity index (χ2v) is 8.68. The molecule has 0 fully saturated rings. The molecule has 4 aromatic heterocycles. The highest BCUT2D eigenvalue weighted by molar-refractivity contribution is 6.31. The Labute approximate surface area is 206 Å². The Balaban J connectivity index is 1.50. The van der Waals surface area contributed by atoms with Crippen LogP contribution >= 0.6 is 11.6 Å². The topological polar surface area (TPSA) is 101 Å². The van der Waals surface area contributed by atoms with Gasteiger partial charge in [-0.25, -0.2) is 4.98 Å². The number of rotatable bonds is 6. The van der Waals surface area contributed by atoms with Gasteiger partial charge < -0.3 is 15.0 Å². The van der Waals surface area contributed by atoms with Crippen LogP contribution in [0, 0.1) is 6.92 Å². The number of para-hydroxylation sites is 1. The average molecular weight is 487 g/mol. The van der Waals surface area contributed by atoms with Gasteiger partial charge in [-0.1, -0.05) is 23.7 Å². The van der Waals surface area contributed by atoms with Crippen LogP contribution in [0.2, 0.25) is 5.02 Å². The Morgan fingerprint density at radius 2 is 2.00 bits per heavy atom. The second-order valence-electron chi connectivity index (χ2n) is 8.28. The number of aryl methyl sites for hydroxylation is 2. The summed E-state index contributed by atoms with van der Waals surface area (Å²) in [4.78, 5) is 21.3. The molecule has 0 amide bonds. The van der Waals surface area contributed by atoms with Crippen LogP contribution in [0.1, 0.15) is 16.8 Å². The molecular formula is C26H23ClN6O2. The number of pyridine rings is 3. The summed E-state index contributed by atoms with van der Waals surface area (Å²) in [6.07, 6.45) is 6.69. The van der Waals surface area contributed by atoms with Crippen molar-refractivity contribution in [1.29, 1.82) is 0 Å². The first-order valence-corrected chi connectivity index (χ1v) is 11.4. The Hall–Kier alpha value is -4.17. The van der Waals surface area contributed by atoms with Gasteiger partial charge in [0, 0.05) is 65.8 Å². The molecule has 0 radical (unpaired) electrons. The van der Waals surface area contributed by atoms with E-state index in [4.69, 9.17) is 27.1 Å². The highest BCUT2D eigenvalue weighted by atomic mass is 35.5. The smallest absolute Gasteiger partial charge is 0.252 e. The highest BCUT2D eigenvalue weighted by Gasteiger charge is 2.15. The van der Waals surface area contributed by atoms with E-state index in [0.717, 1.165) is 39.0 Å². The molecule has 8 nitrogen and oxygen atoms in total. The maximum absolute atomic E-state index is 12.3. The molecule has 1 aromatic carbocycles. The average Bonchev–Trinajstić information content (AvgIpc) is 3.25. The van der Waals surface area contributed by atoms with E-state index in [0.29, 0.717) is 23.0 Å². The first-order chi connectivity index (χ1) is 16.9. The fraction of sp³-hybridized carbons (Fsp3) is 0.154. The molecular weight excluding hydrogens is 464 g/mol. The van der Waals surface area contributed by atoms with Gasteiger partial charge in [0.1, 0.15) is 17.9 Å².